The molecule has 1 aromatic heterocycles. The highest BCUT2D eigenvalue weighted by molar-refractivity contribution is 5.42. The summed E-state index contributed by atoms with van der Waals surface area (Å²) in [6.45, 7) is 3.43. The number of halogens is 3. The number of alkyl halides is 3. The molecule has 1 aliphatic heterocycles. The maximum absolute atomic E-state index is 12.3. The van der Waals surface area contributed by atoms with E-state index in [0.717, 1.165) is 17.1 Å². The second kappa shape index (κ2) is 5.97. The summed E-state index contributed by atoms with van der Waals surface area (Å²) in [7, 11) is 0. The summed E-state index contributed by atoms with van der Waals surface area (Å²) < 4.78 is 37.0. The molecule has 2 rings (SSSR count). The van der Waals surface area contributed by atoms with Crippen molar-refractivity contribution in [2.45, 2.75) is 19.6 Å². The molecule has 0 amide bonds. The lowest BCUT2D eigenvalue weighted by Crippen LogP contribution is -2.49. The van der Waals surface area contributed by atoms with Crippen molar-refractivity contribution in [2.75, 3.05) is 37.6 Å². The molecule has 0 radical (unpaired) electrons. The van der Waals surface area contributed by atoms with E-state index in [0.29, 0.717) is 32.7 Å². The van der Waals surface area contributed by atoms with E-state index in [9.17, 15) is 13.2 Å². The van der Waals surface area contributed by atoms with Gasteiger partial charge in [-0.25, -0.2) is 4.98 Å². The fourth-order valence-corrected chi connectivity index (χ4v) is 2.36. The Balaban J connectivity index is 1.95. The molecule has 4 nitrogen and oxygen atoms in total. The fourth-order valence-electron chi connectivity index (χ4n) is 2.36. The van der Waals surface area contributed by atoms with Gasteiger partial charge in [0.1, 0.15) is 5.82 Å². The van der Waals surface area contributed by atoms with E-state index < -0.39 is 12.7 Å². The highest BCUT2D eigenvalue weighted by Gasteiger charge is 2.32. The van der Waals surface area contributed by atoms with Crippen molar-refractivity contribution in [1.82, 2.24) is 9.88 Å². The van der Waals surface area contributed by atoms with Crippen LogP contribution in [-0.4, -0.2) is 48.8 Å². The minimum atomic E-state index is -4.13. The molecule has 1 fully saturated rings. The van der Waals surface area contributed by atoms with E-state index in [-0.39, 0.29) is 0 Å². The van der Waals surface area contributed by atoms with Crippen LogP contribution in [0.5, 0.6) is 0 Å². The number of aryl methyl sites for hydroxylation is 1. The molecule has 7 heteroatoms. The SMILES string of the molecule is Cc1nc(N2CCN(CC(F)(F)F)CC2)ccc1CN. The molecule has 0 atom stereocenters. The number of rotatable bonds is 3. The Bertz CT molecular complexity index is 453. The van der Waals surface area contributed by atoms with Crippen LogP contribution in [0.1, 0.15) is 11.3 Å². The summed E-state index contributed by atoms with van der Waals surface area (Å²) in [6, 6.07) is 3.81. The van der Waals surface area contributed by atoms with Gasteiger partial charge in [-0.3, -0.25) is 4.90 Å². The van der Waals surface area contributed by atoms with Gasteiger partial charge >= 0.3 is 6.18 Å². The minimum absolute atomic E-state index is 0.402. The van der Waals surface area contributed by atoms with Crippen molar-refractivity contribution in [3.8, 4) is 0 Å². The summed E-state index contributed by atoms with van der Waals surface area (Å²) >= 11 is 0. The standard InChI is InChI=1S/C13H19F3N4/c1-10-11(8-17)2-3-12(18-10)20-6-4-19(5-7-20)9-13(14,15)16/h2-3H,4-9,17H2,1H3. The highest BCUT2D eigenvalue weighted by atomic mass is 19.4. The van der Waals surface area contributed by atoms with Gasteiger partial charge in [-0.2, -0.15) is 13.2 Å². The first-order valence-corrected chi connectivity index (χ1v) is 6.59. The predicted octanol–water partition coefficient (Wildman–Crippen LogP) is 1.53. The minimum Gasteiger partial charge on any atom is -0.354 e. The average Bonchev–Trinajstić information content (AvgIpc) is 2.37. The van der Waals surface area contributed by atoms with Crippen LogP contribution in [0.15, 0.2) is 12.1 Å². The zero-order valence-electron chi connectivity index (χ0n) is 11.5. The lowest BCUT2D eigenvalue weighted by Gasteiger charge is -2.35. The van der Waals surface area contributed by atoms with Crippen LogP contribution in [0, 0.1) is 6.92 Å². The molecule has 20 heavy (non-hydrogen) atoms. The van der Waals surface area contributed by atoms with E-state index in [1.165, 1.54) is 4.90 Å². The monoisotopic (exact) mass is 288 g/mol. The molecule has 0 unspecified atom stereocenters. The van der Waals surface area contributed by atoms with Gasteiger partial charge in [0, 0.05) is 38.4 Å². The second-order valence-corrected chi connectivity index (χ2v) is 5.00. The number of nitrogens with zero attached hydrogens (tertiary/aromatic N) is 3. The lowest BCUT2D eigenvalue weighted by atomic mass is 10.2. The zero-order chi connectivity index (χ0) is 14.8. The molecule has 2 heterocycles. The Morgan fingerprint density at radius 2 is 1.85 bits per heavy atom. The van der Waals surface area contributed by atoms with E-state index in [4.69, 9.17) is 5.73 Å². The Morgan fingerprint density at radius 3 is 2.35 bits per heavy atom. The van der Waals surface area contributed by atoms with Crippen LogP contribution in [0.25, 0.3) is 0 Å². The molecule has 1 aromatic rings. The van der Waals surface area contributed by atoms with E-state index >= 15 is 0 Å². The van der Waals surface area contributed by atoms with Crippen LogP contribution in [0.3, 0.4) is 0 Å². The van der Waals surface area contributed by atoms with Crippen molar-refractivity contribution in [2.24, 2.45) is 5.73 Å². The van der Waals surface area contributed by atoms with Gasteiger partial charge in [0.2, 0.25) is 0 Å². The Hall–Kier alpha value is -1.34. The Labute approximate surface area is 116 Å². The van der Waals surface area contributed by atoms with Gasteiger partial charge in [0.25, 0.3) is 0 Å². The topological polar surface area (TPSA) is 45.4 Å². The summed E-state index contributed by atoms with van der Waals surface area (Å²) in [6.07, 6.45) is -4.13. The van der Waals surface area contributed by atoms with Crippen molar-refractivity contribution >= 4 is 5.82 Å². The molecule has 112 valence electrons. The highest BCUT2D eigenvalue weighted by Crippen LogP contribution is 2.20. The number of aromatic nitrogens is 1. The van der Waals surface area contributed by atoms with Gasteiger partial charge < -0.3 is 10.6 Å². The summed E-state index contributed by atoms with van der Waals surface area (Å²) in [5.74, 6) is 0.811. The first-order chi connectivity index (χ1) is 9.39. The maximum atomic E-state index is 12.3. The Morgan fingerprint density at radius 1 is 1.20 bits per heavy atom. The van der Waals surface area contributed by atoms with Gasteiger partial charge in [0.05, 0.1) is 6.54 Å². The van der Waals surface area contributed by atoms with Crippen LogP contribution >= 0.6 is 0 Å². The van der Waals surface area contributed by atoms with Crippen molar-refractivity contribution in [3.63, 3.8) is 0 Å². The first kappa shape index (κ1) is 15.1. The van der Waals surface area contributed by atoms with Gasteiger partial charge in [-0.15, -0.1) is 0 Å². The molecular formula is C13H19F3N4. The van der Waals surface area contributed by atoms with Crippen LogP contribution < -0.4 is 10.6 Å². The average molecular weight is 288 g/mol. The van der Waals surface area contributed by atoms with E-state index in [1.54, 1.807) is 0 Å². The number of hydrogen-bond acceptors (Lipinski definition) is 4. The van der Waals surface area contributed by atoms with Gasteiger partial charge in [0.15, 0.2) is 0 Å². The largest absolute Gasteiger partial charge is 0.401 e. The number of nitrogens with two attached hydrogens (primary N) is 1. The van der Waals surface area contributed by atoms with Crippen LogP contribution in [0.4, 0.5) is 19.0 Å². The normalized spacial score (nSPS) is 17.6. The molecular weight excluding hydrogens is 269 g/mol. The maximum Gasteiger partial charge on any atom is 0.401 e. The molecule has 0 spiro atoms. The number of hydrogen-bond donors (Lipinski definition) is 1. The molecule has 0 aliphatic carbocycles. The lowest BCUT2D eigenvalue weighted by molar-refractivity contribution is -0.146. The Kier molecular flexibility index (Phi) is 4.49. The van der Waals surface area contributed by atoms with Crippen LogP contribution in [0.2, 0.25) is 0 Å². The van der Waals surface area contributed by atoms with E-state index in [2.05, 4.69) is 4.98 Å². The fraction of sp³-hybridized carbons (Fsp3) is 0.615. The number of anilines is 1. The summed E-state index contributed by atoms with van der Waals surface area (Å²) in [5, 5.41) is 0. The molecule has 2 N–H and O–H groups in total. The quantitative estimate of drug-likeness (QED) is 0.916. The first-order valence-electron chi connectivity index (χ1n) is 6.59. The van der Waals surface area contributed by atoms with Gasteiger partial charge in [-0.1, -0.05) is 6.07 Å². The van der Waals surface area contributed by atoms with Gasteiger partial charge in [-0.05, 0) is 18.6 Å². The molecule has 1 aliphatic rings. The third kappa shape index (κ3) is 3.83. The molecule has 0 aromatic carbocycles. The number of piperazine rings is 1. The van der Waals surface area contributed by atoms with Crippen LogP contribution in [-0.2, 0) is 6.54 Å². The smallest absolute Gasteiger partial charge is 0.354 e. The predicted molar refractivity (Wildman–Crippen MR) is 71.6 cm³/mol. The summed E-state index contributed by atoms with van der Waals surface area (Å²) in [4.78, 5) is 7.91. The van der Waals surface area contributed by atoms with Crippen molar-refractivity contribution in [1.29, 1.82) is 0 Å². The molecule has 0 saturated carbocycles. The van der Waals surface area contributed by atoms with E-state index in [1.807, 2.05) is 24.0 Å². The zero-order valence-corrected chi connectivity index (χ0v) is 11.5. The third-order valence-electron chi connectivity index (χ3n) is 3.50. The van der Waals surface area contributed by atoms with Crippen molar-refractivity contribution < 1.29 is 13.2 Å². The third-order valence-corrected chi connectivity index (χ3v) is 3.50. The van der Waals surface area contributed by atoms with Crippen molar-refractivity contribution in [3.05, 3.63) is 23.4 Å². The molecule has 0 bridgehead atoms. The summed E-state index contributed by atoms with van der Waals surface area (Å²) in [5.41, 5.74) is 7.46. The second-order valence-electron chi connectivity index (χ2n) is 5.00. The molecule has 1 saturated heterocycles. The number of pyridine rings is 1.